The Bertz CT molecular complexity index is 360. The zero-order valence-electron chi connectivity index (χ0n) is 11.1. The standard InChI is InChI=1S/C13H21N3OS/c1-10-9-11(2)16-13(15-10)18-8-5-14-12-3-6-17-7-4-12/h9,12,14H,3-8H2,1-2H3. The molecule has 2 rings (SSSR count). The summed E-state index contributed by atoms with van der Waals surface area (Å²) in [5.74, 6) is 1.01. The smallest absolute Gasteiger partial charge is 0.188 e. The molecule has 2 heterocycles. The summed E-state index contributed by atoms with van der Waals surface area (Å²) in [6, 6.07) is 2.63. The third-order valence-corrected chi connectivity index (χ3v) is 3.80. The molecule has 1 aromatic heterocycles. The van der Waals surface area contributed by atoms with Crippen molar-refractivity contribution in [3.8, 4) is 0 Å². The number of nitrogens with zero attached hydrogens (tertiary/aromatic N) is 2. The van der Waals surface area contributed by atoms with E-state index in [1.165, 1.54) is 0 Å². The number of nitrogens with one attached hydrogen (secondary N) is 1. The molecule has 5 heteroatoms. The lowest BCUT2D eigenvalue weighted by Gasteiger charge is -2.22. The maximum atomic E-state index is 5.34. The number of hydrogen-bond acceptors (Lipinski definition) is 5. The molecule has 0 atom stereocenters. The van der Waals surface area contributed by atoms with Gasteiger partial charge >= 0.3 is 0 Å². The minimum absolute atomic E-state index is 0.625. The van der Waals surface area contributed by atoms with Gasteiger partial charge in [-0.15, -0.1) is 0 Å². The molecular weight excluding hydrogens is 246 g/mol. The monoisotopic (exact) mass is 267 g/mol. The van der Waals surface area contributed by atoms with Gasteiger partial charge in [-0.2, -0.15) is 0 Å². The van der Waals surface area contributed by atoms with Crippen molar-refractivity contribution >= 4 is 11.8 Å². The average Bonchev–Trinajstić information content (AvgIpc) is 2.35. The molecule has 4 nitrogen and oxygen atoms in total. The summed E-state index contributed by atoms with van der Waals surface area (Å²) in [4.78, 5) is 8.84. The van der Waals surface area contributed by atoms with E-state index in [4.69, 9.17) is 4.74 Å². The number of aromatic nitrogens is 2. The van der Waals surface area contributed by atoms with Crippen molar-refractivity contribution in [2.75, 3.05) is 25.5 Å². The summed E-state index contributed by atoms with van der Waals surface area (Å²) in [6.07, 6.45) is 2.26. The van der Waals surface area contributed by atoms with E-state index in [0.29, 0.717) is 6.04 Å². The summed E-state index contributed by atoms with van der Waals surface area (Å²) >= 11 is 1.72. The lowest BCUT2D eigenvalue weighted by molar-refractivity contribution is 0.0786. The fourth-order valence-corrected chi connectivity index (χ4v) is 2.88. The average molecular weight is 267 g/mol. The van der Waals surface area contributed by atoms with E-state index in [9.17, 15) is 0 Å². The predicted molar refractivity (Wildman–Crippen MR) is 74.1 cm³/mol. The summed E-state index contributed by atoms with van der Waals surface area (Å²) in [5, 5.41) is 4.45. The van der Waals surface area contributed by atoms with Crippen LogP contribution < -0.4 is 5.32 Å². The fourth-order valence-electron chi connectivity index (χ4n) is 2.07. The van der Waals surface area contributed by atoms with Gasteiger partial charge in [0, 0.05) is 42.9 Å². The molecule has 0 bridgehead atoms. The molecular formula is C13H21N3OS. The van der Waals surface area contributed by atoms with Gasteiger partial charge in [0.1, 0.15) is 0 Å². The normalized spacial score (nSPS) is 17.0. The highest BCUT2D eigenvalue weighted by Gasteiger charge is 2.12. The first-order chi connectivity index (χ1) is 8.74. The number of rotatable bonds is 5. The van der Waals surface area contributed by atoms with E-state index in [0.717, 1.165) is 54.9 Å². The molecule has 0 spiro atoms. The van der Waals surface area contributed by atoms with Crippen molar-refractivity contribution < 1.29 is 4.74 Å². The highest BCUT2D eigenvalue weighted by molar-refractivity contribution is 7.99. The Labute approximate surface area is 113 Å². The second-order valence-corrected chi connectivity index (χ2v) is 5.68. The van der Waals surface area contributed by atoms with Crippen molar-refractivity contribution in [2.24, 2.45) is 0 Å². The number of aryl methyl sites for hydroxylation is 2. The van der Waals surface area contributed by atoms with Crippen LogP contribution in [0, 0.1) is 13.8 Å². The number of thioether (sulfide) groups is 1. The molecule has 0 saturated carbocycles. The van der Waals surface area contributed by atoms with Crippen LogP contribution in [0.3, 0.4) is 0 Å². The van der Waals surface area contributed by atoms with E-state index >= 15 is 0 Å². The van der Waals surface area contributed by atoms with Gasteiger partial charge < -0.3 is 10.1 Å². The lowest BCUT2D eigenvalue weighted by Crippen LogP contribution is -2.36. The Hall–Kier alpha value is -0.650. The van der Waals surface area contributed by atoms with Gasteiger partial charge in [-0.25, -0.2) is 9.97 Å². The Kier molecular flexibility index (Phi) is 5.41. The van der Waals surface area contributed by atoms with Gasteiger partial charge in [-0.1, -0.05) is 11.8 Å². The van der Waals surface area contributed by atoms with Crippen LogP contribution in [0.4, 0.5) is 0 Å². The first kappa shape index (κ1) is 13.8. The zero-order valence-corrected chi connectivity index (χ0v) is 11.9. The first-order valence-corrected chi connectivity index (χ1v) is 7.49. The molecule has 1 saturated heterocycles. The molecule has 0 radical (unpaired) electrons. The highest BCUT2D eigenvalue weighted by atomic mass is 32.2. The van der Waals surface area contributed by atoms with E-state index < -0.39 is 0 Å². The summed E-state index contributed by atoms with van der Waals surface area (Å²) in [7, 11) is 0. The van der Waals surface area contributed by atoms with Crippen molar-refractivity contribution in [1.29, 1.82) is 0 Å². The van der Waals surface area contributed by atoms with E-state index in [2.05, 4.69) is 15.3 Å². The molecule has 100 valence electrons. The summed E-state index contributed by atoms with van der Waals surface area (Å²) in [5.41, 5.74) is 2.09. The summed E-state index contributed by atoms with van der Waals surface area (Å²) in [6.45, 7) is 6.82. The maximum absolute atomic E-state index is 5.34. The van der Waals surface area contributed by atoms with E-state index in [-0.39, 0.29) is 0 Å². The van der Waals surface area contributed by atoms with Crippen LogP contribution in [0.1, 0.15) is 24.2 Å². The predicted octanol–water partition coefficient (Wildman–Crippen LogP) is 1.95. The maximum Gasteiger partial charge on any atom is 0.188 e. The highest BCUT2D eigenvalue weighted by Crippen LogP contribution is 2.13. The quantitative estimate of drug-likeness (QED) is 0.502. The molecule has 1 aliphatic heterocycles. The van der Waals surface area contributed by atoms with Gasteiger partial charge in [-0.05, 0) is 32.8 Å². The van der Waals surface area contributed by atoms with Crippen molar-refractivity contribution in [2.45, 2.75) is 37.9 Å². The van der Waals surface area contributed by atoms with Crippen LogP contribution in [0.2, 0.25) is 0 Å². The molecule has 1 fully saturated rings. The van der Waals surface area contributed by atoms with Crippen LogP contribution in [0.5, 0.6) is 0 Å². The van der Waals surface area contributed by atoms with Crippen LogP contribution in [0.15, 0.2) is 11.2 Å². The topological polar surface area (TPSA) is 47.0 Å². The molecule has 0 unspecified atom stereocenters. The second-order valence-electron chi connectivity index (χ2n) is 4.62. The third-order valence-electron chi connectivity index (χ3n) is 2.95. The SMILES string of the molecule is Cc1cc(C)nc(SCCNC2CCOCC2)n1. The molecule has 0 aromatic carbocycles. The first-order valence-electron chi connectivity index (χ1n) is 6.50. The minimum Gasteiger partial charge on any atom is -0.381 e. The molecule has 1 aliphatic rings. The molecule has 18 heavy (non-hydrogen) atoms. The van der Waals surface area contributed by atoms with Crippen molar-refractivity contribution in [3.63, 3.8) is 0 Å². The van der Waals surface area contributed by atoms with Gasteiger partial charge in [0.25, 0.3) is 0 Å². The van der Waals surface area contributed by atoms with Crippen molar-refractivity contribution in [1.82, 2.24) is 15.3 Å². The molecule has 0 amide bonds. The van der Waals surface area contributed by atoms with E-state index in [1.54, 1.807) is 11.8 Å². The Morgan fingerprint density at radius 2 is 1.94 bits per heavy atom. The van der Waals surface area contributed by atoms with Crippen molar-refractivity contribution in [3.05, 3.63) is 17.5 Å². The fraction of sp³-hybridized carbons (Fsp3) is 0.692. The van der Waals surface area contributed by atoms with Gasteiger partial charge in [0.05, 0.1) is 0 Å². The van der Waals surface area contributed by atoms with Gasteiger partial charge in [0.2, 0.25) is 0 Å². The second kappa shape index (κ2) is 7.07. The molecule has 1 N–H and O–H groups in total. The molecule has 1 aromatic rings. The zero-order chi connectivity index (χ0) is 12.8. The minimum atomic E-state index is 0.625. The Balaban J connectivity index is 1.68. The van der Waals surface area contributed by atoms with Crippen LogP contribution in [-0.4, -0.2) is 41.5 Å². The lowest BCUT2D eigenvalue weighted by atomic mass is 10.1. The third kappa shape index (κ3) is 4.55. The van der Waals surface area contributed by atoms with Gasteiger partial charge in [-0.3, -0.25) is 0 Å². The Morgan fingerprint density at radius 1 is 1.28 bits per heavy atom. The Morgan fingerprint density at radius 3 is 2.61 bits per heavy atom. The van der Waals surface area contributed by atoms with Crippen LogP contribution >= 0.6 is 11.8 Å². The molecule has 0 aliphatic carbocycles. The summed E-state index contributed by atoms with van der Waals surface area (Å²) < 4.78 is 5.34. The number of ether oxygens (including phenoxy) is 1. The van der Waals surface area contributed by atoms with Crippen LogP contribution in [-0.2, 0) is 4.74 Å². The van der Waals surface area contributed by atoms with Gasteiger partial charge in [0.15, 0.2) is 5.16 Å². The number of hydrogen-bond donors (Lipinski definition) is 1. The van der Waals surface area contributed by atoms with Crippen LogP contribution in [0.25, 0.3) is 0 Å². The largest absolute Gasteiger partial charge is 0.381 e. The van der Waals surface area contributed by atoms with E-state index in [1.807, 2.05) is 19.9 Å².